The van der Waals surface area contributed by atoms with E-state index in [-0.39, 0.29) is 0 Å². The van der Waals surface area contributed by atoms with Gasteiger partial charge in [0, 0.05) is 26.2 Å². The van der Waals surface area contributed by atoms with E-state index >= 15 is 0 Å². The van der Waals surface area contributed by atoms with Gasteiger partial charge in [-0.25, -0.2) is 15.0 Å². The molecule has 2 N–H and O–H groups in total. The average molecular weight is 291 g/mol. The van der Waals surface area contributed by atoms with E-state index in [0.717, 1.165) is 37.7 Å². The van der Waals surface area contributed by atoms with Crippen LogP contribution in [0.4, 0.5) is 17.3 Å². The predicted molar refractivity (Wildman–Crippen MR) is 80.1 cm³/mol. The first-order valence-electron chi connectivity index (χ1n) is 6.41. The lowest BCUT2D eigenvalue weighted by molar-refractivity contribution is 0.646. The molecule has 104 valence electrons. The molecule has 0 spiro atoms. The Hall–Kier alpha value is -2.08. The summed E-state index contributed by atoms with van der Waals surface area (Å²) in [7, 11) is 0. The molecule has 0 radical (unpaired) electrons. The fourth-order valence-corrected chi connectivity index (χ4v) is 2.52. The van der Waals surface area contributed by atoms with Crippen LogP contribution >= 0.6 is 11.6 Å². The summed E-state index contributed by atoms with van der Waals surface area (Å²) in [5, 5.41) is 0.593. The molecule has 1 saturated heterocycles. The van der Waals surface area contributed by atoms with Gasteiger partial charge in [0.25, 0.3) is 0 Å². The number of anilines is 3. The summed E-state index contributed by atoms with van der Waals surface area (Å²) in [6.07, 6.45) is 4.96. The van der Waals surface area contributed by atoms with Crippen molar-refractivity contribution in [3.05, 3.63) is 35.9 Å². The van der Waals surface area contributed by atoms with E-state index in [4.69, 9.17) is 17.3 Å². The quantitative estimate of drug-likeness (QED) is 0.902. The molecular formula is C13H15ClN6. The van der Waals surface area contributed by atoms with E-state index in [9.17, 15) is 0 Å². The molecule has 0 atom stereocenters. The highest BCUT2D eigenvalue weighted by Gasteiger charge is 2.20. The molecule has 0 bridgehead atoms. The summed E-state index contributed by atoms with van der Waals surface area (Å²) in [6, 6.07) is 3.82. The topological polar surface area (TPSA) is 71.2 Å². The van der Waals surface area contributed by atoms with Gasteiger partial charge in [-0.1, -0.05) is 11.6 Å². The Balaban J connectivity index is 1.68. The Morgan fingerprint density at radius 1 is 1.00 bits per heavy atom. The van der Waals surface area contributed by atoms with Gasteiger partial charge in [-0.15, -0.1) is 0 Å². The second-order valence-electron chi connectivity index (χ2n) is 4.61. The zero-order valence-electron chi connectivity index (χ0n) is 10.9. The molecule has 7 heteroatoms. The first-order valence-corrected chi connectivity index (χ1v) is 6.79. The Labute approximate surface area is 122 Å². The Bertz CT molecular complexity index is 580. The fraction of sp³-hybridized carbons (Fsp3) is 0.308. The molecule has 3 heterocycles. The standard InChI is InChI=1S/C13H15ClN6/c14-11-8-16-9-18-13(11)20-5-3-19(4-6-20)10-1-2-12(15)17-7-10/h1-2,7-9H,3-6H2,(H2,15,17). The lowest BCUT2D eigenvalue weighted by atomic mass is 10.2. The number of halogens is 1. The molecule has 20 heavy (non-hydrogen) atoms. The third kappa shape index (κ3) is 2.60. The molecule has 0 aromatic carbocycles. The summed E-state index contributed by atoms with van der Waals surface area (Å²) >= 11 is 6.12. The summed E-state index contributed by atoms with van der Waals surface area (Å²) in [6.45, 7) is 3.51. The number of nitrogen functional groups attached to an aromatic ring is 1. The highest BCUT2D eigenvalue weighted by Crippen LogP contribution is 2.24. The maximum absolute atomic E-state index is 6.12. The van der Waals surface area contributed by atoms with Gasteiger partial charge in [0.05, 0.1) is 18.1 Å². The zero-order valence-corrected chi connectivity index (χ0v) is 11.7. The second kappa shape index (κ2) is 5.50. The number of piperazine rings is 1. The summed E-state index contributed by atoms with van der Waals surface area (Å²) in [5.41, 5.74) is 6.69. The number of nitrogens with two attached hydrogens (primary N) is 1. The molecule has 3 rings (SSSR count). The van der Waals surface area contributed by atoms with Gasteiger partial charge in [-0.3, -0.25) is 0 Å². The number of aromatic nitrogens is 3. The number of pyridine rings is 1. The van der Waals surface area contributed by atoms with Crippen molar-refractivity contribution in [2.75, 3.05) is 41.7 Å². The minimum absolute atomic E-state index is 0.542. The fourth-order valence-electron chi connectivity index (χ4n) is 2.30. The Morgan fingerprint density at radius 3 is 2.40 bits per heavy atom. The number of hydrogen-bond acceptors (Lipinski definition) is 6. The molecule has 1 aliphatic heterocycles. The first-order chi connectivity index (χ1) is 9.74. The van der Waals surface area contributed by atoms with Crippen LogP contribution in [0.25, 0.3) is 0 Å². The van der Waals surface area contributed by atoms with E-state index in [2.05, 4.69) is 24.8 Å². The minimum atomic E-state index is 0.542. The van der Waals surface area contributed by atoms with Crippen molar-refractivity contribution in [3.63, 3.8) is 0 Å². The zero-order chi connectivity index (χ0) is 13.9. The molecule has 0 saturated carbocycles. The molecule has 2 aromatic heterocycles. The molecule has 0 aliphatic carbocycles. The van der Waals surface area contributed by atoms with Crippen molar-refractivity contribution in [1.82, 2.24) is 15.0 Å². The lowest BCUT2D eigenvalue weighted by Gasteiger charge is -2.36. The van der Waals surface area contributed by atoms with Gasteiger partial charge in [0.15, 0.2) is 5.82 Å². The van der Waals surface area contributed by atoms with Crippen LogP contribution in [0.2, 0.25) is 5.02 Å². The van der Waals surface area contributed by atoms with Crippen molar-refractivity contribution in [3.8, 4) is 0 Å². The van der Waals surface area contributed by atoms with E-state index < -0.39 is 0 Å². The maximum atomic E-state index is 6.12. The van der Waals surface area contributed by atoms with Gasteiger partial charge < -0.3 is 15.5 Å². The number of rotatable bonds is 2. The number of hydrogen-bond donors (Lipinski definition) is 1. The highest BCUT2D eigenvalue weighted by molar-refractivity contribution is 6.32. The van der Waals surface area contributed by atoms with Crippen LogP contribution in [0.3, 0.4) is 0 Å². The van der Waals surface area contributed by atoms with Crippen molar-refractivity contribution in [2.24, 2.45) is 0 Å². The van der Waals surface area contributed by atoms with Gasteiger partial charge in [0.2, 0.25) is 0 Å². The van der Waals surface area contributed by atoms with Crippen LogP contribution in [0.5, 0.6) is 0 Å². The second-order valence-corrected chi connectivity index (χ2v) is 5.02. The minimum Gasteiger partial charge on any atom is -0.384 e. The third-order valence-corrected chi connectivity index (χ3v) is 3.63. The summed E-state index contributed by atoms with van der Waals surface area (Å²) < 4.78 is 0. The normalized spacial score (nSPS) is 15.4. The van der Waals surface area contributed by atoms with Crippen LogP contribution in [-0.4, -0.2) is 41.1 Å². The highest BCUT2D eigenvalue weighted by atomic mass is 35.5. The van der Waals surface area contributed by atoms with Crippen molar-refractivity contribution < 1.29 is 0 Å². The first kappa shape index (κ1) is 12.9. The molecule has 1 fully saturated rings. The molecule has 0 amide bonds. The molecule has 0 unspecified atom stereocenters. The van der Waals surface area contributed by atoms with Gasteiger partial charge in [-0.2, -0.15) is 0 Å². The summed E-state index contributed by atoms with van der Waals surface area (Å²) in [5.74, 6) is 1.34. The van der Waals surface area contributed by atoms with Crippen LogP contribution in [-0.2, 0) is 0 Å². The third-order valence-electron chi connectivity index (χ3n) is 3.36. The van der Waals surface area contributed by atoms with E-state index in [1.54, 1.807) is 6.20 Å². The van der Waals surface area contributed by atoms with Crippen LogP contribution in [0.15, 0.2) is 30.9 Å². The SMILES string of the molecule is Nc1ccc(N2CCN(c3ncncc3Cl)CC2)cn1. The Kier molecular flexibility index (Phi) is 3.56. The van der Waals surface area contributed by atoms with Gasteiger partial charge in [0.1, 0.15) is 17.2 Å². The largest absolute Gasteiger partial charge is 0.384 e. The van der Waals surface area contributed by atoms with Crippen molar-refractivity contribution in [2.45, 2.75) is 0 Å². The smallest absolute Gasteiger partial charge is 0.150 e. The van der Waals surface area contributed by atoms with Crippen LogP contribution < -0.4 is 15.5 Å². The lowest BCUT2D eigenvalue weighted by Crippen LogP contribution is -2.47. The Morgan fingerprint density at radius 2 is 1.75 bits per heavy atom. The molecule has 1 aliphatic rings. The van der Waals surface area contributed by atoms with Crippen LogP contribution in [0.1, 0.15) is 0 Å². The van der Waals surface area contributed by atoms with Crippen LogP contribution in [0, 0.1) is 0 Å². The summed E-state index contributed by atoms with van der Waals surface area (Å²) in [4.78, 5) is 16.7. The van der Waals surface area contributed by atoms with E-state index in [1.807, 2.05) is 18.3 Å². The number of nitrogens with zero attached hydrogens (tertiary/aromatic N) is 5. The molecular weight excluding hydrogens is 276 g/mol. The monoisotopic (exact) mass is 290 g/mol. The maximum Gasteiger partial charge on any atom is 0.150 e. The van der Waals surface area contributed by atoms with E-state index in [0.29, 0.717) is 10.8 Å². The molecule has 6 nitrogen and oxygen atoms in total. The van der Waals surface area contributed by atoms with E-state index in [1.165, 1.54) is 6.33 Å². The predicted octanol–water partition coefficient (Wildman–Crippen LogP) is 1.43. The van der Waals surface area contributed by atoms with Gasteiger partial charge in [-0.05, 0) is 12.1 Å². The molecule has 2 aromatic rings. The van der Waals surface area contributed by atoms with Crippen molar-refractivity contribution >= 4 is 28.9 Å². The van der Waals surface area contributed by atoms with Gasteiger partial charge >= 0.3 is 0 Å². The average Bonchev–Trinajstić information content (AvgIpc) is 2.49. The van der Waals surface area contributed by atoms with Crippen molar-refractivity contribution in [1.29, 1.82) is 0 Å².